The van der Waals surface area contributed by atoms with Crippen LogP contribution in [0.3, 0.4) is 0 Å². The van der Waals surface area contributed by atoms with Gasteiger partial charge in [-0.1, -0.05) is 18.2 Å². The van der Waals surface area contributed by atoms with Gasteiger partial charge in [0.2, 0.25) is 5.84 Å². The molecule has 0 bridgehead atoms. The van der Waals surface area contributed by atoms with E-state index >= 15 is 0 Å². The van der Waals surface area contributed by atoms with E-state index in [1.165, 1.54) is 30.3 Å². The zero-order valence-electron chi connectivity index (χ0n) is 14.4. The molecule has 0 amide bonds. The molecule has 2 aromatic carbocycles. The Kier molecular flexibility index (Phi) is 4.87. The number of alkyl halides is 3. The van der Waals surface area contributed by atoms with Crippen LogP contribution in [0.4, 0.5) is 13.2 Å². The maximum Gasteiger partial charge on any atom is 0.449 e. The fraction of sp³-hybridized carbons (Fsp3) is 0.111. The number of hydrogen-bond acceptors (Lipinski definition) is 6. The van der Waals surface area contributed by atoms with Gasteiger partial charge in [-0.05, 0) is 30.3 Å². The molecule has 2 N–H and O–H groups in total. The van der Waals surface area contributed by atoms with Gasteiger partial charge >= 0.3 is 12.1 Å². The monoisotopic (exact) mass is 390 g/mol. The molecule has 0 aliphatic carbocycles. The molecule has 0 unspecified atom stereocenters. The minimum absolute atomic E-state index is 0.0518. The molecule has 1 heterocycles. The molecule has 0 atom stereocenters. The number of carbonyl (C=O) groups excluding carboxylic acids is 1. The highest BCUT2D eigenvalue weighted by molar-refractivity contribution is 5.98. The Bertz CT molecular complexity index is 1120. The van der Waals surface area contributed by atoms with E-state index in [0.717, 1.165) is 7.11 Å². The number of hydrogen-bond donors (Lipinski definition) is 2. The first-order chi connectivity index (χ1) is 13.2. The van der Waals surface area contributed by atoms with E-state index < -0.39 is 29.3 Å². The van der Waals surface area contributed by atoms with Crippen LogP contribution in [0, 0.1) is 10.8 Å². The number of esters is 1. The maximum absolute atomic E-state index is 13.2. The van der Waals surface area contributed by atoms with Crippen molar-refractivity contribution in [3.63, 3.8) is 0 Å². The van der Waals surface area contributed by atoms with Crippen molar-refractivity contribution in [2.75, 3.05) is 7.11 Å². The summed E-state index contributed by atoms with van der Waals surface area (Å²) in [5.41, 5.74) is -0.959. The van der Waals surface area contributed by atoms with Gasteiger partial charge in [-0.15, -0.1) is 0 Å². The standard InChI is InChI=1S/C18H13F3N4O3/c1-27-16(26)10-7-8-13-12(9-10)24-15(28-11-5-3-2-4-6-11)14(22)25(13)17(23)18(19,20)21/h2-9,22-23H,1H3. The number of nitrogens with one attached hydrogen (secondary N) is 2. The summed E-state index contributed by atoms with van der Waals surface area (Å²) in [5.74, 6) is -2.69. The predicted octanol–water partition coefficient (Wildman–Crippen LogP) is 3.48. The van der Waals surface area contributed by atoms with Gasteiger partial charge in [0.15, 0.2) is 5.49 Å². The quantitative estimate of drug-likeness (QED) is 0.406. The molecule has 3 aromatic rings. The van der Waals surface area contributed by atoms with Crippen molar-refractivity contribution in [1.29, 1.82) is 10.8 Å². The Balaban J connectivity index is 2.28. The zero-order chi connectivity index (χ0) is 20.5. The van der Waals surface area contributed by atoms with Gasteiger partial charge in [-0.2, -0.15) is 13.2 Å². The smallest absolute Gasteiger partial charge is 0.449 e. The van der Waals surface area contributed by atoms with Crippen LogP contribution in [0.25, 0.3) is 11.0 Å². The predicted molar refractivity (Wildman–Crippen MR) is 92.6 cm³/mol. The van der Waals surface area contributed by atoms with Gasteiger partial charge in [0.1, 0.15) is 5.75 Å². The van der Waals surface area contributed by atoms with E-state index in [1.54, 1.807) is 18.2 Å². The number of rotatable bonds is 3. The summed E-state index contributed by atoms with van der Waals surface area (Å²) in [6, 6.07) is 11.7. The van der Waals surface area contributed by atoms with Crippen molar-refractivity contribution >= 4 is 22.8 Å². The number of aromatic nitrogens is 2. The molecule has 0 spiro atoms. The molecule has 3 rings (SSSR count). The van der Waals surface area contributed by atoms with Crippen LogP contribution < -0.4 is 10.2 Å². The highest BCUT2D eigenvalue weighted by Gasteiger charge is 2.37. The highest BCUT2D eigenvalue weighted by atomic mass is 19.4. The normalized spacial score (nSPS) is 11.3. The number of ether oxygens (including phenoxy) is 2. The summed E-state index contributed by atoms with van der Waals surface area (Å²) in [6.45, 7) is 0. The van der Waals surface area contributed by atoms with E-state index in [9.17, 15) is 18.0 Å². The van der Waals surface area contributed by atoms with Crippen LogP contribution in [0.5, 0.6) is 11.6 Å². The Morgan fingerprint density at radius 3 is 2.43 bits per heavy atom. The van der Waals surface area contributed by atoms with Crippen LogP contribution in [-0.4, -0.2) is 34.6 Å². The van der Waals surface area contributed by atoms with Crippen LogP contribution >= 0.6 is 0 Å². The second-order valence-corrected chi connectivity index (χ2v) is 5.56. The number of carbonyl (C=O) groups is 1. The van der Waals surface area contributed by atoms with Gasteiger partial charge in [0.25, 0.3) is 5.88 Å². The largest absolute Gasteiger partial charge is 0.465 e. The fourth-order valence-corrected chi connectivity index (χ4v) is 2.46. The van der Waals surface area contributed by atoms with Crippen LogP contribution in [0.2, 0.25) is 0 Å². The van der Waals surface area contributed by atoms with Crippen molar-refractivity contribution in [1.82, 2.24) is 9.55 Å². The molecule has 0 saturated heterocycles. The van der Waals surface area contributed by atoms with Gasteiger partial charge in [-0.3, -0.25) is 15.4 Å². The molecule has 0 aliphatic rings. The number of halogens is 3. The van der Waals surface area contributed by atoms with Crippen molar-refractivity contribution in [2.24, 2.45) is 0 Å². The second-order valence-electron chi connectivity index (χ2n) is 5.56. The molecule has 0 fully saturated rings. The van der Waals surface area contributed by atoms with Crippen LogP contribution in [-0.2, 0) is 4.74 Å². The van der Waals surface area contributed by atoms with Gasteiger partial charge in [0.05, 0.1) is 23.7 Å². The van der Waals surface area contributed by atoms with E-state index in [2.05, 4.69) is 9.72 Å². The molecular formula is C18H13F3N4O3. The third-order valence-electron chi connectivity index (χ3n) is 3.74. The summed E-state index contributed by atoms with van der Waals surface area (Å²) in [5, 5.41) is 15.6. The number of nitrogens with zero attached hydrogens (tertiary/aromatic N) is 2. The second kappa shape index (κ2) is 7.14. The summed E-state index contributed by atoms with van der Waals surface area (Å²) in [6.07, 6.45) is -5.01. The molecule has 1 aromatic heterocycles. The molecular weight excluding hydrogens is 377 g/mol. The van der Waals surface area contributed by atoms with Crippen molar-refractivity contribution in [3.8, 4) is 11.6 Å². The lowest BCUT2D eigenvalue weighted by atomic mass is 10.2. The van der Waals surface area contributed by atoms with E-state index in [4.69, 9.17) is 15.6 Å². The highest BCUT2D eigenvalue weighted by Crippen LogP contribution is 2.24. The number of benzene rings is 2. The Labute approximate surface area is 156 Å². The van der Waals surface area contributed by atoms with Crippen LogP contribution in [0.1, 0.15) is 10.4 Å². The van der Waals surface area contributed by atoms with E-state index in [1.807, 2.05) is 0 Å². The third-order valence-corrected chi connectivity index (χ3v) is 3.74. The Morgan fingerprint density at radius 2 is 1.82 bits per heavy atom. The number of para-hydroxylation sites is 1. The molecule has 0 radical (unpaired) electrons. The van der Waals surface area contributed by atoms with Gasteiger partial charge in [0, 0.05) is 0 Å². The lowest BCUT2D eigenvalue weighted by molar-refractivity contribution is -0.0624. The molecule has 10 heteroatoms. The minimum atomic E-state index is -5.01. The first-order valence-electron chi connectivity index (χ1n) is 7.81. The molecule has 28 heavy (non-hydrogen) atoms. The number of fused-ring (bicyclic) bond motifs is 1. The molecule has 0 aliphatic heterocycles. The van der Waals surface area contributed by atoms with Gasteiger partial charge in [-0.25, -0.2) is 9.78 Å². The minimum Gasteiger partial charge on any atom is -0.465 e. The zero-order valence-corrected chi connectivity index (χ0v) is 14.4. The topological polar surface area (TPSA) is 101 Å². The lowest BCUT2D eigenvalue weighted by Gasteiger charge is -2.16. The summed E-state index contributed by atoms with van der Waals surface area (Å²) >= 11 is 0. The summed E-state index contributed by atoms with van der Waals surface area (Å²) in [4.78, 5) is 15.8. The fourth-order valence-electron chi connectivity index (χ4n) is 2.46. The summed E-state index contributed by atoms with van der Waals surface area (Å²) < 4.78 is 50.0. The summed E-state index contributed by atoms with van der Waals surface area (Å²) in [7, 11) is 1.16. The third kappa shape index (κ3) is 3.56. The van der Waals surface area contributed by atoms with Crippen molar-refractivity contribution in [3.05, 3.63) is 59.6 Å². The molecule has 0 saturated carbocycles. The molecule has 7 nitrogen and oxygen atoms in total. The van der Waals surface area contributed by atoms with E-state index in [-0.39, 0.29) is 22.3 Å². The van der Waals surface area contributed by atoms with Crippen molar-refractivity contribution in [2.45, 2.75) is 6.18 Å². The first-order valence-corrected chi connectivity index (χ1v) is 7.81. The average molecular weight is 390 g/mol. The lowest BCUT2D eigenvalue weighted by Crippen LogP contribution is -2.37. The van der Waals surface area contributed by atoms with Crippen LogP contribution in [0.15, 0.2) is 48.5 Å². The molecule has 144 valence electrons. The maximum atomic E-state index is 13.2. The number of methoxy groups -OCH3 is 1. The van der Waals surface area contributed by atoms with E-state index in [0.29, 0.717) is 4.57 Å². The first kappa shape index (κ1) is 19.1. The van der Waals surface area contributed by atoms with Gasteiger partial charge < -0.3 is 9.47 Å². The Hall–Kier alpha value is -3.69. The average Bonchev–Trinajstić information content (AvgIpc) is 2.67. The SMILES string of the molecule is COC(=O)c1ccc2c(c1)nc(Oc1ccccc1)c(=N)n2C(=N)C(F)(F)F. The Morgan fingerprint density at radius 1 is 1.14 bits per heavy atom. The van der Waals surface area contributed by atoms with Crippen molar-refractivity contribution < 1.29 is 27.4 Å².